The van der Waals surface area contributed by atoms with E-state index in [-0.39, 0.29) is 24.4 Å². The summed E-state index contributed by atoms with van der Waals surface area (Å²) >= 11 is 4.20. The van der Waals surface area contributed by atoms with Crippen LogP contribution in [0.2, 0.25) is 0 Å². The van der Waals surface area contributed by atoms with Crippen molar-refractivity contribution in [2.45, 2.75) is 6.92 Å². The predicted molar refractivity (Wildman–Crippen MR) is 90.0 cm³/mol. The van der Waals surface area contributed by atoms with Gasteiger partial charge in [0, 0.05) is 17.1 Å². The van der Waals surface area contributed by atoms with Crippen molar-refractivity contribution < 1.29 is 23.9 Å². The fourth-order valence-corrected chi connectivity index (χ4v) is 2.99. The third-order valence-electron chi connectivity index (χ3n) is 2.90. The smallest absolute Gasteiger partial charge is 0.344 e. The molecule has 122 valence electrons. The fraction of sp³-hybridized carbons (Fsp3) is 0.267. The van der Waals surface area contributed by atoms with E-state index in [4.69, 9.17) is 9.47 Å². The standard InChI is InChI=1S/C15H14BrNO5S/c1-3-21-13(18)8-22-11-5-4-10(16)6-9(11)7-12-14(19)17(2)15(20)23-12/h4-7H,3,8H2,1-2H3/b12-7-. The number of hydrogen-bond acceptors (Lipinski definition) is 6. The first-order chi connectivity index (χ1) is 10.9. The van der Waals surface area contributed by atoms with E-state index in [9.17, 15) is 14.4 Å². The summed E-state index contributed by atoms with van der Waals surface area (Å²) in [6, 6.07) is 5.17. The van der Waals surface area contributed by atoms with Crippen LogP contribution in [0.1, 0.15) is 12.5 Å². The van der Waals surface area contributed by atoms with Gasteiger partial charge in [0.1, 0.15) is 5.75 Å². The van der Waals surface area contributed by atoms with Gasteiger partial charge in [0.25, 0.3) is 11.1 Å². The van der Waals surface area contributed by atoms with E-state index < -0.39 is 5.97 Å². The number of thioether (sulfide) groups is 1. The zero-order valence-electron chi connectivity index (χ0n) is 12.5. The van der Waals surface area contributed by atoms with Crippen LogP contribution in [-0.4, -0.2) is 42.3 Å². The van der Waals surface area contributed by atoms with Gasteiger partial charge in [-0.3, -0.25) is 14.5 Å². The van der Waals surface area contributed by atoms with E-state index in [1.165, 1.54) is 7.05 Å². The maximum atomic E-state index is 12.0. The Bertz CT molecular complexity index is 688. The van der Waals surface area contributed by atoms with E-state index in [1.807, 2.05) is 0 Å². The largest absolute Gasteiger partial charge is 0.481 e. The van der Waals surface area contributed by atoms with Gasteiger partial charge in [0.15, 0.2) is 6.61 Å². The molecule has 1 saturated heterocycles. The van der Waals surface area contributed by atoms with Crippen molar-refractivity contribution in [3.63, 3.8) is 0 Å². The lowest BCUT2D eigenvalue weighted by Crippen LogP contribution is -2.22. The highest BCUT2D eigenvalue weighted by molar-refractivity contribution is 9.10. The summed E-state index contributed by atoms with van der Waals surface area (Å²) in [5.41, 5.74) is 0.586. The summed E-state index contributed by atoms with van der Waals surface area (Å²) < 4.78 is 11.0. The van der Waals surface area contributed by atoms with E-state index >= 15 is 0 Å². The summed E-state index contributed by atoms with van der Waals surface area (Å²) in [5, 5.41) is -0.328. The Morgan fingerprint density at radius 2 is 2.13 bits per heavy atom. The molecule has 1 aliphatic heterocycles. The quantitative estimate of drug-likeness (QED) is 0.559. The van der Waals surface area contributed by atoms with Gasteiger partial charge in [0.05, 0.1) is 11.5 Å². The molecule has 0 spiro atoms. The highest BCUT2D eigenvalue weighted by atomic mass is 79.9. The van der Waals surface area contributed by atoms with Crippen LogP contribution in [-0.2, 0) is 14.3 Å². The second-order valence-electron chi connectivity index (χ2n) is 4.52. The molecule has 0 aliphatic carbocycles. The Morgan fingerprint density at radius 1 is 1.39 bits per heavy atom. The average molecular weight is 400 g/mol. The molecule has 1 heterocycles. The summed E-state index contributed by atoms with van der Waals surface area (Å²) in [6.07, 6.45) is 1.57. The molecule has 0 bridgehead atoms. The van der Waals surface area contributed by atoms with Crippen LogP contribution in [0.3, 0.4) is 0 Å². The average Bonchev–Trinajstić information content (AvgIpc) is 2.74. The van der Waals surface area contributed by atoms with Crippen molar-refractivity contribution in [3.05, 3.63) is 33.1 Å². The Morgan fingerprint density at radius 3 is 2.74 bits per heavy atom. The molecule has 1 fully saturated rings. The molecule has 2 amide bonds. The van der Waals surface area contributed by atoms with Crippen LogP contribution in [0.5, 0.6) is 5.75 Å². The molecule has 23 heavy (non-hydrogen) atoms. The molecule has 0 radical (unpaired) electrons. The maximum Gasteiger partial charge on any atom is 0.344 e. The summed E-state index contributed by atoms with van der Waals surface area (Å²) in [5.74, 6) is -0.421. The third kappa shape index (κ3) is 4.35. The number of rotatable bonds is 5. The second kappa shape index (κ2) is 7.65. The maximum absolute atomic E-state index is 12.0. The zero-order chi connectivity index (χ0) is 17.0. The van der Waals surface area contributed by atoms with Crippen LogP contribution < -0.4 is 4.74 Å². The Hall–Kier alpha value is -1.80. The molecule has 1 aromatic carbocycles. The predicted octanol–water partition coefficient (Wildman–Crippen LogP) is 3.06. The molecule has 1 aliphatic rings. The van der Waals surface area contributed by atoms with Crippen molar-refractivity contribution in [3.8, 4) is 5.75 Å². The molecule has 0 atom stereocenters. The number of esters is 1. The minimum Gasteiger partial charge on any atom is -0.481 e. The fourth-order valence-electron chi connectivity index (χ4n) is 1.79. The van der Waals surface area contributed by atoms with Crippen molar-refractivity contribution in [2.75, 3.05) is 20.3 Å². The van der Waals surface area contributed by atoms with Gasteiger partial charge in [-0.25, -0.2) is 4.79 Å². The lowest BCUT2D eigenvalue weighted by molar-refractivity contribution is -0.145. The second-order valence-corrected chi connectivity index (χ2v) is 6.43. The Balaban J connectivity index is 2.24. The number of halogens is 1. The van der Waals surface area contributed by atoms with Gasteiger partial charge in [-0.1, -0.05) is 15.9 Å². The highest BCUT2D eigenvalue weighted by Crippen LogP contribution is 2.34. The van der Waals surface area contributed by atoms with Crippen molar-refractivity contribution in [1.82, 2.24) is 4.90 Å². The lowest BCUT2D eigenvalue weighted by Gasteiger charge is -2.09. The van der Waals surface area contributed by atoms with Gasteiger partial charge in [-0.2, -0.15) is 0 Å². The van der Waals surface area contributed by atoms with Crippen molar-refractivity contribution in [1.29, 1.82) is 0 Å². The van der Waals surface area contributed by atoms with Gasteiger partial charge in [0.2, 0.25) is 0 Å². The van der Waals surface area contributed by atoms with E-state index in [0.29, 0.717) is 16.2 Å². The molecule has 1 aromatic rings. The zero-order valence-corrected chi connectivity index (χ0v) is 14.9. The third-order valence-corrected chi connectivity index (χ3v) is 4.35. The minimum absolute atomic E-state index is 0.231. The van der Waals surface area contributed by atoms with Crippen LogP contribution in [0, 0.1) is 0 Å². The number of nitrogens with zero attached hydrogens (tertiary/aromatic N) is 1. The summed E-state index contributed by atoms with van der Waals surface area (Å²) in [6.45, 7) is 1.76. The van der Waals surface area contributed by atoms with E-state index in [2.05, 4.69) is 15.9 Å². The number of imide groups is 1. The highest BCUT2D eigenvalue weighted by Gasteiger charge is 2.32. The number of carbonyl (C=O) groups is 3. The molecule has 0 saturated carbocycles. The number of likely N-dealkylation sites (N-methyl/N-ethyl adjacent to an activating group) is 1. The first-order valence-electron chi connectivity index (χ1n) is 6.72. The van der Waals surface area contributed by atoms with Crippen LogP contribution in [0.15, 0.2) is 27.6 Å². The number of carbonyl (C=O) groups excluding carboxylic acids is 3. The monoisotopic (exact) mass is 399 g/mol. The molecule has 0 unspecified atom stereocenters. The Labute approximate surface area is 145 Å². The first kappa shape index (κ1) is 17.6. The van der Waals surface area contributed by atoms with E-state index in [1.54, 1.807) is 31.2 Å². The number of ether oxygens (including phenoxy) is 2. The summed E-state index contributed by atoms with van der Waals surface area (Å²) in [7, 11) is 1.43. The van der Waals surface area contributed by atoms with Crippen LogP contribution in [0.25, 0.3) is 6.08 Å². The van der Waals surface area contributed by atoms with Crippen LogP contribution >= 0.6 is 27.7 Å². The minimum atomic E-state index is -0.477. The normalized spacial score (nSPS) is 16.1. The first-order valence-corrected chi connectivity index (χ1v) is 8.33. The molecule has 0 N–H and O–H groups in total. The van der Waals surface area contributed by atoms with Gasteiger partial charge in [-0.15, -0.1) is 0 Å². The van der Waals surface area contributed by atoms with Crippen molar-refractivity contribution in [2.24, 2.45) is 0 Å². The Kier molecular flexibility index (Phi) is 5.84. The molecule has 8 heteroatoms. The van der Waals surface area contributed by atoms with Gasteiger partial charge in [-0.05, 0) is 43.0 Å². The van der Waals surface area contributed by atoms with Crippen LogP contribution in [0.4, 0.5) is 4.79 Å². The number of hydrogen-bond donors (Lipinski definition) is 0. The molecule has 2 rings (SSSR count). The van der Waals surface area contributed by atoms with Crippen molar-refractivity contribution >= 4 is 50.9 Å². The lowest BCUT2D eigenvalue weighted by atomic mass is 10.2. The van der Waals surface area contributed by atoms with Gasteiger partial charge < -0.3 is 9.47 Å². The van der Waals surface area contributed by atoms with Gasteiger partial charge >= 0.3 is 5.97 Å². The number of benzene rings is 1. The molecule has 0 aromatic heterocycles. The molecular weight excluding hydrogens is 386 g/mol. The summed E-state index contributed by atoms with van der Waals surface area (Å²) in [4.78, 5) is 36.3. The molecule has 6 nitrogen and oxygen atoms in total. The topological polar surface area (TPSA) is 72.9 Å². The SMILES string of the molecule is CCOC(=O)COc1ccc(Br)cc1/C=C1\SC(=O)N(C)C1=O. The number of amides is 2. The van der Waals surface area contributed by atoms with E-state index in [0.717, 1.165) is 21.1 Å². The molecular formula is C15H14BrNO5S.